The summed E-state index contributed by atoms with van der Waals surface area (Å²) in [5.41, 5.74) is 0.640. The van der Waals surface area contributed by atoms with E-state index in [2.05, 4.69) is 4.98 Å². The largest absolute Gasteiger partial charge is 0.480 e. The van der Waals surface area contributed by atoms with Crippen molar-refractivity contribution < 1.29 is 19.4 Å². The SMILES string of the molecule is O=C(O)C(c1ccc2c(c1)OCO2)c1nccs1. The second-order valence-corrected chi connectivity index (χ2v) is 4.68. The van der Waals surface area contributed by atoms with Gasteiger partial charge in [0.25, 0.3) is 0 Å². The Balaban J connectivity index is 2.03. The summed E-state index contributed by atoms with van der Waals surface area (Å²) < 4.78 is 10.5. The van der Waals surface area contributed by atoms with Crippen LogP contribution in [0.5, 0.6) is 11.5 Å². The lowest BCUT2D eigenvalue weighted by molar-refractivity contribution is -0.137. The van der Waals surface area contributed by atoms with Crippen molar-refractivity contribution in [2.45, 2.75) is 5.92 Å². The number of fused-ring (bicyclic) bond motifs is 1. The topological polar surface area (TPSA) is 68.7 Å². The molecule has 1 aliphatic heterocycles. The molecule has 0 aliphatic carbocycles. The van der Waals surface area contributed by atoms with Crippen LogP contribution in [0.2, 0.25) is 0 Å². The third-order valence-electron chi connectivity index (χ3n) is 2.68. The van der Waals surface area contributed by atoms with Gasteiger partial charge in [0, 0.05) is 11.6 Å². The molecule has 1 aliphatic rings. The van der Waals surface area contributed by atoms with Crippen molar-refractivity contribution in [3.05, 3.63) is 40.3 Å². The first kappa shape index (κ1) is 11.0. The summed E-state index contributed by atoms with van der Waals surface area (Å²) in [4.78, 5) is 15.5. The van der Waals surface area contributed by atoms with Gasteiger partial charge in [0.05, 0.1) is 0 Å². The molecule has 1 aromatic heterocycles. The summed E-state index contributed by atoms with van der Waals surface area (Å²) in [7, 11) is 0. The number of hydrogen-bond donors (Lipinski definition) is 1. The minimum Gasteiger partial charge on any atom is -0.480 e. The van der Waals surface area contributed by atoms with Crippen molar-refractivity contribution in [3.63, 3.8) is 0 Å². The Bertz CT molecular complexity index is 582. The molecule has 5 nitrogen and oxygen atoms in total. The molecular formula is C12H9NO4S. The maximum absolute atomic E-state index is 11.4. The van der Waals surface area contributed by atoms with E-state index >= 15 is 0 Å². The van der Waals surface area contributed by atoms with E-state index in [1.807, 2.05) is 0 Å². The molecule has 0 amide bonds. The number of carbonyl (C=O) groups is 1. The van der Waals surface area contributed by atoms with Crippen molar-refractivity contribution in [1.82, 2.24) is 4.98 Å². The van der Waals surface area contributed by atoms with Crippen molar-refractivity contribution in [3.8, 4) is 11.5 Å². The van der Waals surface area contributed by atoms with Gasteiger partial charge in [-0.1, -0.05) is 6.07 Å². The van der Waals surface area contributed by atoms with E-state index in [1.165, 1.54) is 11.3 Å². The average molecular weight is 263 g/mol. The second kappa shape index (κ2) is 4.30. The molecule has 18 heavy (non-hydrogen) atoms. The first-order valence-corrected chi connectivity index (χ1v) is 6.15. The number of thiazole rings is 1. The van der Waals surface area contributed by atoms with Gasteiger partial charge in [-0.05, 0) is 17.7 Å². The average Bonchev–Trinajstić information content (AvgIpc) is 2.98. The predicted octanol–water partition coefficient (Wildman–Crippen LogP) is 2.09. The maximum atomic E-state index is 11.4. The predicted molar refractivity (Wildman–Crippen MR) is 64.2 cm³/mol. The molecule has 0 radical (unpaired) electrons. The van der Waals surface area contributed by atoms with Gasteiger partial charge >= 0.3 is 5.97 Å². The van der Waals surface area contributed by atoms with E-state index in [0.717, 1.165) is 0 Å². The van der Waals surface area contributed by atoms with Gasteiger partial charge in [0.1, 0.15) is 10.9 Å². The Labute approximate surface area is 107 Å². The number of hydrogen-bond acceptors (Lipinski definition) is 5. The molecule has 1 N–H and O–H groups in total. The number of benzene rings is 1. The molecule has 0 bridgehead atoms. The first-order valence-electron chi connectivity index (χ1n) is 5.27. The quantitative estimate of drug-likeness (QED) is 0.918. The van der Waals surface area contributed by atoms with Gasteiger partial charge in [-0.25, -0.2) is 4.98 Å². The molecule has 6 heteroatoms. The fourth-order valence-electron chi connectivity index (χ4n) is 1.86. The summed E-state index contributed by atoms with van der Waals surface area (Å²) in [6.07, 6.45) is 1.60. The van der Waals surface area contributed by atoms with Crippen molar-refractivity contribution in [2.24, 2.45) is 0 Å². The number of carboxylic acid groups (broad SMARTS) is 1. The molecule has 1 aromatic carbocycles. The number of aromatic nitrogens is 1. The molecular weight excluding hydrogens is 254 g/mol. The minimum atomic E-state index is -0.927. The van der Waals surface area contributed by atoms with Crippen molar-refractivity contribution in [2.75, 3.05) is 6.79 Å². The molecule has 0 saturated heterocycles. The Morgan fingerprint density at radius 2 is 2.22 bits per heavy atom. The van der Waals surface area contributed by atoms with Gasteiger partial charge in [0.15, 0.2) is 11.5 Å². The number of nitrogens with zero attached hydrogens (tertiary/aromatic N) is 1. The molecule has 92 valence electrons. The van der Waals surface area contributed by atoms with Crippen LogP contribution in [0.4, 0.5) is 0 Å². The molecule has 1 unspecified atom stereocenters. The normalized spacial score (nSPS) is 14.4. The van der Waals surface area contributed by atoms with Crippen LogP contribution in [0.1, 0.15) is 16.5 Å². The number of rotatable bonds is 3. The van der Waals surface area contributed by atoms with E-state index in [-0.39, 0.29) is 6.79 Å². The third kappa shape index (κ3) is 1.80. The lowest BCUT2D eigenvalue weighted by atomic mass is 9.99. The summed E-state index contributed by atoms with van der Waals surface area (Å²) in [6, 6.07) is 5.15. The zero-order valence-corrected chi connectivity index (χ0v) is 10.0. The van der Waals surface area contributed by atoms with E-state index < -0.39 is 11.9 Å². The molecule has 0 saturated carbocycles. The fraction of sp³-hybridized carbons (Fsp3) is 0.167. The van der Waals surface area contributed by atoms with Gasteiger partial charge in [0.2, 0.25) is 6.79 Å². The van der Waals surface area contributed by atoms with Crippen LogP contribution >= 0.6 is 11.3 Å². The zero-order valence-electron chi connectivity index (χ0n) is 9.20. The van der Waals surface area contributed by atoms with Gasteiger partial charge < -0.3 is 14.6 Å². The van der Waals surface area contributed by atoms with E-state index in [1.54, 1.807) is 29.8 Å². The van der Waals surface area contributed by atoms with Crippen molar-refractivity contribution >= 4 is 17.3 Å². The van der Waals surface area contributed by atoms with Crippen LogP contribution in [0, 0.1) is 0 Å². The zero-order chi connectivity index (χ0) is 12.5. The van der Waals surface area contributed by atoms with Crippen LogP contribution in [0.25, 0.3) is 0 Å². The monoisotopic (exact) mass is 263 g/mol. The summed E-state index contributed by atoms with van der Waals surface area (Å²) in [5.74, 6) is -0.472. The summed E-state index contributed by atoms with van der Waals surface area (Å²) >= 11 is 1.32. The van der Waals surface area contributed by atoms with Gasteiger partial charge in [-0.15, -0.1) is 11.3 Å². The number of aliphatic carboxylic acids is 1. The Hall–Kier alpha value is -2.08. The highest BCUT2D eigenvalue weighted by atomic mass is 32.1. The smallest absolute Gasteiger partial charge is 0.317 e. The molecule has 3 rings (SSSR count). The standard InChI is InChI=1S/C12H9NO4S/c14-12(15)10(11-13-3-4-18-11)7-1-2-8-9(5-7)17-6-16-8/h1-5,10H,6H2,(H,14,15). The highest BCUT2D eigenvalue weighted by Crippen LogP contribution is 2.36. The van der Waals surface area contributed by atoms with Crippen LogP contribution < -0.4 is 9.47 Å². The van der Waals surface area contributed by atoms with E-state index in [9.17, 15) is 9.90 Å². The maximum Gasteiger partial charge on any atom is 0.317 e. The van der Waals surface area contributed by atoms with Crippen LogP contribution in [-0.2, 0) is 4.79 Å². The third-order valence-corrected chi connectivity index (χ3v) is 3.52. The summed E-state index contributed by atoms with van der Waals surface area (Å²) in [6.45, 7) is 0.174. The molecule has 0 fully saturated rings. The molecule has 1 atom stereocenters. The Morgan fingerprint density at radius 1 is 1.39 bits per heavy atom. The van der Waals surface area contributed by atoms with Crippen LogP contribution in [-0.4, -0.2) is 22.9 Å². The van der Waals surface area contributed by atoms with E-state index in [4.69, 9.17) is 9.47 Å². The lowest BCUT2D eigenvalue weighted by Crippen LogP contribution is -2.12. The fourth-order valence-corrected chi connectivity index (χ4v) is 2.62. The van der Waals surface area contributed by atoms with Crippen LogP contribution in [0.15, 0.2) is 29.8 Å². The lowest BCUT2D eigenvalue weighted by Gasteiger charge is -2.10. The Morgan fingerprint density at radius 3 is 2.94 bits per heavy atom. The Kier molecular flexibility index (Phi) is 2.64. The minimum absolute atomic E-state index is 0.174. The highest BCUT2D eigenvalue weighted by Gasteiger charge is 2.26. The number of carboxylic acids is 1. The van der Waals surface area contributed by atoms with Gasteiger partial charge in [-0.2, -0.15) is 0 Å². The van der Waals surface area contributed by atoms with Crippen LogP contribution in [0.3, 0.4) is 0 Å². The summed E-state index contributed by atoms with van der Waals surface area (Å²) in [5, 5.41) is 11.7. The molecule has 0 spiro atoms. The van der Waals surface area contributed by atoms with E-state index in [0.29, 0.717) is 22.1 Å². The molecule has 2 aromatic rings. The van der Waals surface area contributed by atoms with Crippen molar-refractivity contribution in [1.29, 1.82) is 0 Å². The molecule has 2 heterocycles. The number of ether oxygens (including phenoxy) is 2. The van der Waals surface area contributed by atoms with Gasteiger partial charge in [-0.3, -0.25) is 4.79 Å². The highest BCUT2D eigenvalue weighted by molar-refractivity contribution is 7.09. The second-order valence-electron chi connectivity index (χ2n) is 3.75. The first-order chi connectivity index (χ1) is 8.75.